The molecule has 1 saturated heterocycles. The molecule has 11 heavy (non-hydrogen) atoms. The molecule has 1 aliphatic heterocycles. The Bertz CT molecular complexity index is 174. The Morgan fingerprint density at radius 3 is 3.00 bits per heavy atom. The minimum Gasteiger partial charge on any atom is -0.318 e. The van der Waals surface area contributed by atoms with E-state index in [-0.39, 0.29) is 0 Å². The highest BCUT2D eigenvalue weighted by Crippen LogP contribution is 2.48. The summed E-state index contributed by atoms with van der Waals surface area (Å²) in [7, 11) is -2.46. The first kappa shape index (κ1) is 9.53. The SMILES string of the molecule is CP1(=O)OCCCN1CCCl. The van der Waals surface area contributed by atoms with Crippen molar-refractivity contribution in [3.05, 3.63) is 0 Å². The summed E-state index contributed by atoms with van der Waals surface area (Å²) in [6, 6.07) is 0. The van der Waals surface area contributed by atoms with Gasteiger partial charge in [0.05, 0.1) is 6.61 Å². The monoisotopic (exact) mass is 197 g/mol. The van der Waals surface area contributed by atoms with E-state index in [0.29, 0.717) is 19.0 Å². The second-order valence-corrected chi connectivity index (χ2v) is 5.44. The Kier molecular flexibility index (Phi) is 3.38. The van der Waals surface area contributed by atoms with Crippen molar-refractivity contribution in [1.29, 1.82) is 0 Å². The molecule has 0 aromatic heterocycles. The van der Waals surface area contributed by atoms with Crippen molar-refractivity contribution in [3.63, 3.8) is 0 Å². The number of hydrogen-bond acceptors (Lipinski definition) is 2. The summed E-state index contributed by atoms with van der Waals surface area (Å²) in [6.07, 6.45) is 0.953. The molecule has 66 valence electrons. The molecule has 1 unspecified atom stereocenters. The molecule has 1 fully saturated rings. The summed E-state index contributed by atoms with van der Waals surface area (Å²) < 4.78 is 18.6. The second-order valence-electron chi connectivity index (χ2n) is 2.63. The van der Waals surface area contributed by atoms with Crippen LogP contribution in [0.5, 0.6) is 0 Å². The molecular weight excluding hydrogens is 184 g/mol. The van der Waals surface area contributed by atoms with Crippen LogP contribution in [0.3, 0.4) is 0 Å². The van der Waals surface area contributed by atoms with Gasteiger partial charge in [-0.05, 0) is 6.42 Å². The lowest BCUT2D eigenvalue weighted by atomic mass is 10.4. The van der Waals surface area contributed by atoms with Gasteiger partial charge >= 0.3 is 0 Å². The van der Waals surface area contributed by atoms with E-state index in [1.54, 1.807) is 6.66 Å². The highest BCUT2D eigenvalue weighted by molar-refractivity contribution is 7.55. The smallest absolute Gasteiger partial charge is 0.269 e. The maximum absolute atomic E-state index is 11.6. The zero-order valence-electron chi connectivity index (χ0n) is 6.62. The molecule has 3 nitrogen and oxygen atoms in total. The Morgan fingerprint density at radius 2 is 2.45 bits per heavy atom. The van der Waals surface area contributed by atoms with E-state index in [1.807, 2.05) is 4.67 Å². The van der Waals surface area contributed by atoms with E-state index in [4.69, 9.17) is 16.1 Å². The number of nitrogens with zero attached hydrogens (tertiary/aromatic N) is 1. The predicted molar refractivity (Wildman–Crippen MR) is 46.4 cm³/mol. The summed E-state index contributed by atoms with van der Waals surface area (Å²) >= 11 is 5.54. The highest BCUT2D eigenvalue weighted by atomic mass is 35.5. The molecule has 0 aromatic rings. The summed E-state index contributed by atoms with van der Waals surface area (Å²) in [5.41, 5.74) is 0. The lowest BCUT2D eigenvalue weighted by Gasteiger charge is -2.31. The average Bonchev–Trinajstić information content (AvgIpc) is 1.94. The van der Waals surface area contributed by atoms with Crippen molar-refractivity contribution < 1.29 is 9.09 Å². The van der Waals surface area contributed by atoms with E-state index < -0.39 is 7.52 Å². The van der Waals surface area contributed by atoms with E-state index in [1.165, 1.54) is 0 Å². The van der Waals surface area contributed by atoms with Crippen molar-refractivity contribution in [3.8, 4) is 0 Å². The molecule has 1 aliphatic rings. The lowest BCUT2D eigenvalue weighted by Crippen LogP contribution is -2.29. The zero-order valence-corrected chi connectivity index (χ0v) is 8.27. The number of alkyl halides is 1. The van der Waals surface area contributed by atoms with Gasteiger partial charge in [0.25, 0.3) is 7.52 Å². The Labute approximate surface area is 72.2 Å². The van der Waals surface area contributed by atoms with Crippen LogP contribution >= 0.6 is 19.1 Å². The first-order valence-corrected chi connectivity index (χ1v) is 6.26. The van der Waals surface area contributed by atoms with Gasteiger partial charge in [-0.3, -0.25) is 4.57 Å². The molecule has 0 amide bonds. The number of rotatable bonds is 2. The third-order valence-electron chi connectivity index (χ3n) is 1.75. The van der Waals surface area contributed by atoms with Crippen LogP contribution in [0.25, 0.3) is 0 Å². The standard InChI is InChI=1S/C6H13ClNO2P/c1-11(9)8(5-3-7)4-2-6-10-11/h2-6H2,1H3. The van der Waals surface area contributed by atoms with Crippen LogP contribution < -0.4 is 0 Å². The largest absolute Gasteiger partial charge is 0.318 e. The Balaban J connectivity index is 2.53. The van der Waals surface area contributed by atoms with Crippen molar-refractivity contribution in [2.75, 3.05) is 32.2 Å². The maximum Gasteiger partial charge on any atom is 0.269 e. The summed E-state index contributed by atoms with van der Waals surface area (Å²) in [6.45, 7) is 3.78. The summed E-state index contributed by atoms with van der Waals surface area (Å²) in [5.74, 6) is 0.515. The van der Waals surface area contributed by atoms with Crippen molar-refractivity contribution in [2.45, 2.75) is 6.42 Å². The quantitative estimate of drug-likeness (QED) is 0.499. The topological polar surface area (TPSA) is 29.5 Å². The molecule has 0 spiro atoms. The van der Waals surface area contributed by atoms with Gasteiger partial charge in [-0.2, -0.15) is 0 Å². The van der Waals surface area contributed by atoms with Gasteiger partial charge in [0, 0.05) is 25.6 Å². The molecule has 0 radical (unpaired) electrons. The van der Waals surface area contributed by atoms with E-state index in [0.717, 1.165) is 13.0 Å². The third kappa shape index (κ3) is 2.45. The maximum atomic E-state index is 11.6. The first-order valence-electron chi connectivity index (χ1n) is 3.70. The van der Waals surface area contributed by atoms with Gasteiger partial charge in [0.1, 0.15) is 0 Å². The van der Waals surface area contributed by atoms with Crippen LogP contribution in [0.15, 0.2) is 0 Å². The van der Waals surface area contributed by atoms with Crippen LogP contribution in [0.1, 0.15) is 6.42 Å². The van der Waals surface area contributed by atoms with Gasteiger partial charge in [0.15, 0.2) is 0 Å². The third-order valence-corrected chi connectivity index (χ3v) is 4.01. The molecule has 0 aliphatic carbocycles. The predicted octanol–water partition coefficient (Wildman–Crippen LogP) is 1.77. The molecule has 1 heterocycles. The summed E-state index contributed by atoms with van der Waals surface area (Å²) in [4.78, 5) is 0. The fourth-order valence-electron chi connectivity index (χ4n) is 1.14. The minimum atomic E-state index is -2.46. The van der Waals surface area contributed by atoms with Gasteiger partial charge in [0.2, 0.25) is 0 Å². The fraction of sp³-hybridized carbons (Fsp3) is 1.00. The van der Waals surface area contributed by atoms with Gasteiger partial charge < -0.3 is 4.52 Å². The van der Waals surface area contributed by atoms with Crippen LogP contribution in [-0.4, -0.2) is 36.9 Å². The molecular formula is C6H13ClNO2P. The summed E-state index contributed by atoms with van der Waals surface area (Å²) in [5, 5.41) is 0. The first-order chi connectivity index (χ1) is 5.17. The van der Waals surface area contributed by atoms with Gasteiger partial charge in [-0.1, -0.05) is 0 Å². The molecule has 0 N–H and O–H groups in total. The lowest BCUT2D eigenvalue weighted by molar-refractivity contribution is 0.214. The van der Waals surface area contributed by atoms with Gasteiger partial charge in [-0.15, -0.1) is 11.6 Å². The van der Waals surface area contributed by atoms with Crippen molar-refractivity contribution in [1.82, 2.24) is 4.67 Å². The van der Waals surface area contributed by atoms with Crippen molar-refractivity contribution in [2.24, 2.45) is 0 Å². The Hall–Kier alpha value is 0.440. The molecule has 1 atom stereocenters. The molecule has 0 aromatic carbocycles. The van der Waals surface area contributed by atoms with Crippen LogP contribution in [0, 0.1) is 0 Å². The van der Waals surface area contributed by atoms with E-state index in [9.17, 15) is 4.57 Å². The van der Waals surface area contributed by atoms with Crippen molar-refractivity contribution >= 4 is 19.1 Å². The molecule has 1 rings (SSSR count). The highest BCUT2D eigenvalue weighted by Gasteiger charge is 2.28. The fourth-order valence-corrected chi connectivity index (χ4v) is 3.06. The molecule has 0 saturated carbocycles. The van der Waals surface area contributed by atoms with Crippen LogP contribution in [0.2, 0.25) is 0 Å². The van der Waals surface area contributed by atoms with E-state index >= 15 is 0 Å². The number of halogens is 1. The molecule has 5 heteroatoms. The normalized spacial score (nSPS) is 34.0. The zero-order chi connectivity index (χ0) is 8.32. The number of hydrogen-bond donors (Lipinski definition) is 0. The van der Waals surface area contributed by atoms with Crippen LogP contribution in [0.4, 0.5) is 0 Å². The van der Waals surface area contributed by atoms with E-state index in [2.05, 4.69) is 0 Å². The molecule has 0 bridgehead atoms. The second kappa shape index (κ2) is 3.90. The Morgan fingerprint density at radius 1 is 1.73 bits per heavy atom. The minimum absolute atomic E-state index is 0.515. The average molecular weight is 198 g/mol. The van der Waals surface area contributed by atoms with Gasteiger partial charge in [-0.25, -0.2) is 4.67 Å². The van der Waals surface area contributed by atoms with Crippen LogP contribution in [-0.2, 0) is 9.09 Å².